The highest BCUT2D eigenvalue weighted by Gasteiger charge is 2.21. The lowest BCUT2D eigenvalue weighted by atomic mass is 9.95. The standard InChI is InChI=1S/C53H35N3O/c1-5-15-36(16-6-1)46-33-40(39-26-25-37-27-31-48-52(47(37)34-39)57-53(54-48)38-17-7-2-8-18-38)28-32-50(46)55(41-19-9-3-10-20-41)43-29-30-45-44-23-13-14-24-49(44)56(51(45)35-43)42-21-11-4-12-22-42/h1-35H. The topological polar surface area (TPSA) is 34.2 Å². The van der Waals surface area contributed by atoms with Crippen molar-refractivity contribution in [2.45, 2.75) is 0 Å². The van der Waals surface area contributed by atoms with Crippen LogP contribution in [0.2, 0.25) is 0 Å². The van der Waals surface area contributed by atoms with Crippen LogP contribution in [0.3, 0.4) is 0 Å². The van der Waals surface area contributed by atoms with Gasteiger partial charge in [-0.25, -0.2) is 4.98 Å². The fraction of sp³-hybridized carbons (Fsp3) is 0. The second-order valence-corrected chi connectivity index (χ2v) is 14.4. The summed E-state index contributed by atoms with van der Waals surface area (Å²) in [4.78, 5) is 7.25. The predicted octanol–water partition coefficient (Wildman–Crippen LogP) is 14.5. The Morgan fingerprint density at radius 1 is 0.421 bits per heavy atom. The first-order chi connectivity index (χ1) is 28.3. The zero-order valence-corrected chi connectivity index (χ0v) is 31.0. The SMILES string of the molecule is c1ccc(-c2nc3ccc4ccc(-c5ccc(N(c6ccccc6)c6ccc7c8ccccc8n(-c8ccccc8)c7c6)c(-c6ccccc6)c5)cc4c3o2)cc1. The molecule has 0 atom stereocenters. The van der Waals surface area contributed by atoms with E-state index < -0.39 is 0 Å². The Morgan fingerprint density at radius 2 is 1.05 bits per heavy atom. The van der Waals surface area contributed by atoms with Crippen LogP contribution in [0.5, 0.6) is 0 Å². The molecule has 2 heterocycles. The summed E-state index contributed by atoms with van der Waals surface area (Å²) in [5.41, 5.74) is 13.8. The third-order valence-corrected chi connectivity index (χ3v) is 11.0. The molecule has 0 amide bonds. The summed E-state index contributed by atoms with van der Waals surface area (Å²) in [7, 11) is 0. The first kappa shape index (κ1) is 32.7. The van der Waals surface area contributed by atoms with Crippen LogP contribution < -0.4 is 4.90 Å². The van der Waals surface area contributed by atoms with Gasteiger partial charge in [0.05, 0.1) is 16.7 Å². The van der Waals surface area contributed by atoms with Crippen LogP contribution in [0.25, 0.3) is 83.1 Å². The quantitative estimate of drug-likeness (QED) is 0.164. The van der Waals surface area contributed by atoms with Crippen molar-refractivity contribution in [1.82, 2.24) is 9.55 Å². The van der Waals surface area contributed by atoms with E-state index >= 15 is 0 Å². The van der Waals surface area contributed by atoms with Crippen LogP contribution in [0.15, 0.2) is 217 Å². The average molecular weight is 730 g/mol. The van der Waals surface area contributed by atoms with Crippen LogP contribution in [0, 0.1) is 0 Å². The van der Waals surface area contributed by atoms with Gasteiger partial charge in [0.2, 0.25) is 5.89 Å². The molecule has 0 radical (unpaired) electrons. The third kappa shape index (κ3) is 5.66. The van der Waals surface area contributed by atoms with Crippen LogP contribution in [0.4, 0.5) is 17.1 Å². The Hall–Kier alpha value is -7.69. The fourth-order valence-electron chi connectivity index (χ4n) is 8.31. The molecule has 268 valence electrons. The molecular weight excluding hydrogens is 695 g/mol. The number of hydrogen-bond donors (Lipinski definition) is 0. The van der Waals surface area contributed by atoms with E-state index in [1.54, 1.807) is 0 Å². The van der Waals surface area contributed by atoms with Crippen molar-refractivity contribution in [3.05, 3.63) is 212 Å². The highest BCUT2D eigenvalue weighted by Crippen LogP contribution is 2.45. The maximum absolute atomic E-state index is 6.47. The number of rotatable bonds is 7. The Kier molecular flexibility index (Phi) is 7.78. The molecule has 0 saturated carbocycles. The van der Waals surface area contributed by atoms with Crippen molar-refractivity contribution in [1.29, 1.82) is 0 Å². The van der Waals surface area contributed by atoms with Crippen molar-refractivity contribution < 1.29 is 4.42 Å². The first-order valence-electron chi connectivity index (χ1n) is 19.3. The van der Waals surface area contributed by atoms with Crippen molar-refractivity contribution in [3.8, 4) is 39.4 Å². The Morgan fingerprint density at radius 3 is 1.84 bits per heavy atom. The largest absolute Gasteiger partial charge is 0.435 e. The average Bonchev–Trinajstić information content (AvgIpc) is 3.88. The first-order valence-corrected chi connectivity index (χ1v) is 19.3. The maximum atomic E-state index is 6.47. The van der Waals surface area contributed by atoms with E-state index in [9.17, 15) is 0 Å². The van der Waals surface area contributed by atoms with E-state index in [1.807, 2.05) is 36.4 Å². The molecule has 4 heteroatoms. The molecular formula is C53H35N3O. The summed E-state index contributed by atoms with van der Waals surface area (Å²) in [5, 5.41) is 4.61. The molecule has 11 aromatic rings. The van der Waals surface area contributed by atoms with E-state index in [4.69, 9.17) is 9.40 Å². The molecule has 2 aromatic heterocycles. The minimum Gasteiger partial charge on any atom is -0.435 e. The number of anilines is 3. The summed E-state index contributed by atoms with van der Waals surface area (Å²) in [6, 6.07) is 75.3. The van der Waals surface area contributed by atoms with Crippen LogP contribution in [0.1, 0.15) is 0 Å². The summed E-state index contributed by atoms with van der Waals surface area (Å²) in [5.74, 6) is 0.627. The Bertz CT molecular complexity index is 3220. The van der Waals surface area contributed by atoms with E-state index in [-0.39, 0.29) is 0 Å². The maximum Gasteiger partial charge on any atom is 0.227 e. The van der Waals surface area contributed by atoms with Crippen LogP contribution >= 0.6 is 0 Å². The lowest BCUT2D eigenvalue weighted by Crippen LogP contribution is -2.11. The lowest BCUT2D eigenvalue weighted by molar-refractivity contribution is 0.623. The smallest absolute Gasteiger partial charge is 0.227 e. The molecule has 0 aliphatic carbocycles. The third-order valence-electron chi connectivity index (χ3n) is 11.0. The van der Waals surface area contributed by atoms with E-state index in [0.29, 0.717) is 5.89 Å². The van der Waals surface area contributed by atoms with Gasteiger partial charge in [-0.15, -0.1) is 0 Å². The number of benzene rings is 9. The second kappa shape index (κ2) is 13.6. The summed E-state index contributed by atoms with van der Waals surface area (Å²) in [6.45, 7) is 0. The van der Waals surface area contributed by atoms with E-state index in [0.717, 1.165) is 78.0 Å². The van der Waals surface area contributed by atoms with E-state index in [2.05, 4.69) is 185 Å². The van der Waals surface area contributed by atoms with Crippen molar-refractivity contribution in [2.24, 2.45) is 0 Å². The molecule has 4 nitrogen and oxygen atoms in total. The Labute approximate surface area is 330 Å². The Balaban J connectivity index is 1.10. The zero-order chi connectivity index (χ0) is 37.7. The highest BCUT2D eigenvalue weighted by molar-refractivity contribution is 6.11. The van der Waals surface area contributed by atoms with E-state index in [1.165, 1.54) is 16.3 Å². The van der Waals surface area contributed by atoms with Gasteiger partial charge in [0.15, 0.2) is 5.58 Å². The van der Waals surface area contributed by atoms with Crippen molar-refractivity contribution in [3.63, 3.8) is 0 Å². The number of aromatic nitrogens is 2. The number of fused-ring (bicyclic) bond motifs is 6. The summed E-state index contributed by atoms with van der Waals surface area (Å²) >= 11 is 0. The van der Waals surface area contributed by atoms with Gasteiger partial charge < -0.3 is 13.9 Å². The van der Waals surface area contributed by atoms with Crippen molar-refractivity contribution >= 4 is 60.7 Å². The molecule has 0 fully saturated rings. The van der Waals surface area contributed by atoms with Crippen LogP contribution in [-0.4, -0.2) is 9.55 Å². The van der Waals surface area contributed by atoms with Gasteiger partial charge in [0.25, 0.3) is 0 Å². The molecule has 57 heavy (non-hydrogen) atoms. The normalized spacial score (nSPS) is 11.5. The summed E-state index contributed by atoms with van der Waals surface area (Å²) in [6.07, 6.45) is 0. The van der Waals surface area contributed by atoms with Gasteiger partial charge in [-0.1, -0.05) is 133 Å². The molecule has 0 unspecified atom stereocenters. The molecule has 0 bridgehead atoms. The molecule has 0 N–H and O–H groups in total. The highest BCUT2D eigenvalue weighted by atomic mass is 16.3. The number of para-hydroxylation sites is 3. The molecule has 0 aliphatic heterocycles. The zero-order valence-electron chi connectivity index (χ0n) is 31.0. The van der Waals surface area contributed by atoms with Gasteiger partial charge in [-0.05, 0) is 101 Å². The molecule has 0 aliphatic rings. The number of nitrogens with zero attached hydrogens (tertiary/aromatic N) is 3. The molecule has 0 spiro atoms. The van der Waals surface area contributed by atoms with Gasteiger partial charge in [0, 0.05) is 44.3 Å². The molecule has 0 saturated heterocycles. The van der Waals surface area contributed by atoms with Gasteiger partial charge >= 0.3 is 0 Å². The predicted molar refractivity (Wildman–Crippen MR) is 237 cm³/mol. The summed E-state index contributed by atoms with van der Waals surface area (Å²) < 4.78 is 8.85. The number of hydrogen-bond acceptors (Lipinski definition) is 3. The fourth-order valence-corrected chi connectivity index (χ4v) is 8.31. The van der Waals surface area contributed by atoms with Gasteiger partial charge in [0.1, 0.15) is 5.52 Å². The minimum atomic E-state index is 0.627. The minimum absolute atomic E-state index is 0.627. The lowest BCUT2D eigenvalue weighted by Gasteiger charge is -2.28. The second-order valence-electron chi connectivity index (χ2n) is 14.4. The van der Waals surface area contributed by atoms with Crippen molar-refractivity contribution in [2.75, 3.05) is 4.90 Å². The van der Waals surface area contributed by atoms with Gasteiger partial charge in [-0.3, -0.25) is 0 Å². The molecule has 11 rings (SSSR count). The molecule has 9 aromatic carbocycles. The van der Waals surface area contributed by atoms with Crippen LogP contribution in [-0.2, 0) is 0 Å². The monoisotopic (exact) mass is 729 g/mol. The van der Waals surface area contributed by atoms with Gasteiger partial charge in [-0.2, -0.15) is 0 Å². The number of oxazole rings is 1.